The summed E-state index contributed by atoms with van der Waals surface area (Å²) in [5, 5.41) is 9.96. The van der Waals surface area contributed by atoms with Gasteiger partial charge in [0.1, 0.15) is 12.4 Å². The zero-order valence-electron chi connectivity index (χ0n) is 20.7. The van der Waals surface area contributed by atoms with Gasteiger partial charge in [0.2, 0.25) is 0 Å². The van der Waals surface area contributed by atoms with Crippen molar-refractivity contribution >= 4 is 34.3 Å². The molecule has 2 saturated heterocycles. The fraction of sp³-hybridized carbons (Fsp3) is 0.346. The predicted molar refractivity (Wildman–Crippen MR) is 138 cm³/mol. The van der Waals surface area contributed by atoms with Crippen LogP contribution in [0, 0.1) is 0 Å². The van der Waals surface area contributed by atoms with E-state index in [9.17, 15) is 18.0 Å². The molecule has 0 saturated carbocycles. The number of amides is 2. The number of fused-ring (bicyclic) bond motifs is 3. The van der Waals surface area contributed by atoms with Crippen LogP contribution in [0.25, 0.3) is 22.4 Å². The number of nitrogens with one attached hydrogen (secondary N) is 2. The van der Waals surface area contributed by atoms with Crippen molar-refractivity contribution in [2.75, 3.05) is 28.7 Å². The maximum atomic E-state index is 13.3. The first-order valence-electron chi connectivity index (χ1n) is 12.6. The lowest BCUT2D eigenvalue weighted by molar-refractivity contribution is -0.141. The summed E-state index contributed by atoms with van der Waals surface area (Å²) >= 11 is 0. The monoisotopic (exact) mass is 538 g/mol. The lowest BCUT2D eigenvalue weighted by Crippen LogP contribution is -2.55. The molecule has 202 valence electrons. The number of anilines is 3. The number of ether oxygens (including phenoxy) is 1. The van der Waals surface area contributed by atoms with Crippen LogP contribution in [0.5, 0.6) is 0 Å². The highest BCUT2D eigenvalue weighted by molar-refractivity contribution is 5.99. The molecule has 2 bridgehead atoms. The van der Waals surface area contributed by atoms with E-state index in [2.05, 4.69) is 30.6 Å². The summed E-state index contributed by atoms with van der Waals surface area (Å²) in [7, 11) is 0. The minimum absolute atomic E-state index is 0.0832. The molecule has 0 radical (unpaired) electrons. The van der Waals surface area contributed by atoms with Gasteiger partial charge in [-0.15, -0.1) is 0 Å². The van der Waals surface area contributed by atoms with E-state index in [1.165, 1.54) is 6.20 Å². The standard InChI is InChI=1S/C26H25F3N8O2/c27-26(28,29)15-36-23-21(12-31-36)24(37-19-2-1-3-20(37)14-39-13-19)35-22(34-23)16-4-6-17(7-5-16)32-25(38)33-18-8-10-30-11-9-18/h4-12,19-20H,1-3,13-15H2,(H2,30,32,33,38). The van der Waals surface area contributed by atoms with Crippen molar-refractivity contribution in [3.8, 4) is 11.4 Å². The molecule has 0 spiro atoms. The average molecular weight is 539 g/mol. The summed E-state index contributed by atoms with van der Waals surface area (Å²) in [6, 6.07) is 9.88. The van der Waals surface area contributed by atoms with Crippen LogP contribution >= 0.6 is 0 Å². The van der Waals surface area contributed by atoms with Crippen molar-refractivity contribution in [3.05, 3.63) is 55.0 Å². The maximum Gasteiger partial charge on any atom is 0.408 e. The number of halogens is 3. The molecule has 2 aliphatic rings. The highest BCUT2D eigenvalue weighted by atomic mass is 19.4. The van der Waals surface area contributed by atoms with Crippen LogP contribution in [0.15, 0.2) is 55.0 Å². The van der Waals surface area contributed by atoms with Crippen LogP contribution in [0.2, 0.25) is 0 Å². The SMILES string of the molecule is O=C(Nc1ccncc1)Nc1ccc(-c2nc(N3C4CCCC3COC4)c3cnn(CC(F)(F)F)c3n2)cc1. The number of hydrogen-bond acceptors (Lipinski definition) is 7. The number of benzene rings is 1. The fourth-order valence-corrected chi connectivity index (χ4v) is 5.16. The number of carbonyl (C=O) groups is 1. The lowest BCUT2D eigenvalue weighted by atomic mass is 9.94. The van der Waals surface area contributed by atoms with Gasteiger partial charge in [-0.05, 0) is 55.7 Å². The normalized spacial score (nSPS) is 19.2. The van der Waals surface area contributed by atoms with E-state index in [1.807, 2.05) is 0 Å². The molecule has 13 heteroatoms. The zero-order chi connectivity index (χ0) is 27.0. The number of morpholine rings is 1. The number of pyridine rings is 1. The Kier molecular flexibility index (Phi) is 6.51. The van der Waals surface area contributed by atoms with Crippen LogP contribution in [0.4, 0.5) is 35.2 Å². The number of carbonyl (C=O) groups excluding carboxylic acids is 1. The topological polar surface area (TPSA) is 110 Å². The Labute approximate surface area is 221 Å². The molecule has 4 aromatic rings. The molecule has 3 aromatic heterocycles. The second kappa shape index (κ2) is 10.1. The van der Waals surface area contributed by atoms with Crippen molar-refractivity contribution in [2.24, 2.45) is 0 Å². The van der Waals surface area contributed by atoms with Crippen LogP contribution in [0.3, 0.4) is 0 Å². The molecule has 10 nitrogen and oxygen atoms in total. The quantitative estimate of drug-likeness (QED) is 0.374. The number of nitrogens with zero attached hydrogens (tertiary/aromatic N) is 6. The number of alkyl halides is 3. The van der Waals surface area contributed by atoms with E-state index in [0.717, 1.165) is 23.9 Å². The Balaban J connectivity index is 1.33. The third-order valence-electron chi connectivity index (χ3n) is 6.87. The first kappa shape index (κ1) is 25.0. The first-order valence-corrected chi connectivity index (χ1v) is 12.6. The van der Waals surface area contributed by atoms with E-state index in [0.29, 0.717) is 41.4 Å². The summed E-state index contributed by atoms with van der Waals surface area (Å²) in [4.78, 5) is 27.8. The van der Waals surface area contributed by atoms with Crippen molar-refractivity contribution in [1.82, 2.24) is 24.7 Å². The van der Waals surface area contributed by atoms with Crippen LogP contribution in [-0.2, 0) is 11.3 Å². The fourth-order valence-electron chi connectivity index (χ4n) is 5.16. The molecule has 2 aliphatic heterocycles. The van der Waals surface area contributed by atoms with E-state index < -0.39 is 18.8 Å². The molecule has 2 fully saturated rings. The molecular formula is C26H25F3N8O2. The Hall–Kier alpha value is -4.26. The Morgan fingerprint density at radius 3 is 2.31 bits per heavy atom. The molecule has 2 amide bonds. The zero-order valence-corrected chi connectivity index (χ0v) is 20.7. The minimum Gasteiger partial charge on any atom is -0.377 e. The number of rotatable bonds is 5. The first-order chi connectivity index (χ1) is 18.8. The van der Waals surface area contributed by atoms with Gasteiger partial charge in [0.05, 0.1) is 36.9 Å². The number of urea groups is 1. The van der Waals surface area contributed by atoms with Crippen LogP contribution in [-0.4, -0.2) is 62.2 Å². The summed E-state index contributed by atoms with van der Waals surface area (Å²) in [6.07, 6.45) is 2.99. The van der Waals surface area contributed by atoms with Crippen molar-refractivity contribution in [3.63, 3.8) is 0 Å². The van der Waals surface area contributed by atoms with Gasteiger partial charge in [-0.3, -0.25) is 4.98 Å². The van der Waals surface area contributed by atoms with Gasteiger partial charge in [0.15, 0.2) is 11.5 Å². The molecule has 39 heavy (non-hydrogen) atoms. The van der Waals surface area contributed by atoms with E-state index in [1.54, 1.807) is 48.8 Å². The number of piperidine rings is 1. The Morgan fingerprint density at radius 1 is 0.974 bits per heavy atom. The predicted octanol–water partition coefficient (Wildman–Crippen LogP) is 4.85. The summed E-state index contributed by atoms with van der Waals surface area (Å²) < 4.78 is 46.6. The highest BCUT2D eigenvalue weighted by Crippen LogP contribution is 2.37. The van der Waals surface area contributed by atoms with Crippen LogP contribution in [0.1, 0.15) is 19.3 Å². The Bertz CT molecular complexity index is 1450. The maximum absolute atomic E-state index is 13.3. The molecule has 2 unspecified atom stereocenters. The molecule has 6 rings (SSSR count). The second-order valence-electron chi connectivity index (χ2n) is 9.60. The van der Waals surface area contributed by atoms with Gasteiger partial charge in [-0.2, -0.15) is 18.3 Å². The van der Waals surface area contributed by atoms with Gasteiger partial charge in [-0.25, -0.2) is 19.4 Å². The second-order valence-corrected chi connectivity index (χ2v) is 9.60. The summed E-state index contributed by atoms with van der Waals surface area (Å²) in [6.45, 7) is -0.177. The summed E-state index contributed by atoms with van der Waals surface area (Å²) in [5.74, 6) is 0.846. The largest absolute Gasteiger partial charge is 0.408 e. The minimum atomic E-state index is -4.45. The smallest absolute Gasteiger partial charge is 0.377 e. The Morgan fingerprint density at radius 2 is 1.64 bits per heavy atom. The van der Waals surface area contributed by atoms with Crippen molar-refractivity contribution in [1.29, 1.82) is 0 Å². The number of aromatic nitrogens is 5. The summed E-state index contributed by atoms with van der Waals surface area (Å²) in [5.41, 5.74) is 1.83. The third-order valence-corrected chi connectivity index (χ3v) is 6.87. The molecule has 5 heterocycles. The van der Waals surface area contributed by atoms with Gasteiger partial charge in [0.25, 0.3) is 0 Å². The molecular weight excluding hydrogens is 513 g/mol. The number of hydrogen-bond donors (Lipinski definition) is 2. The van der Waals surface area contributed by atoms with Gasteiger partial charge in [-0.1, -0.05) is 0 Å². The molecule has 1 aromatic carbocycles. The van der Waals surface area contributed by atoms with E-state index >= 15 is 0 Å². The van der Waals surface area contributed by atoms with Crippen molar-refractivity contribution in [2.45, 2.75) is 44.1 Å². The van der Waals surface area contributed by atoms with Crippen LogP contribution < -0.4 is 15.5 Å². The average Bonchev–Trinajstić information content (AvgIpc) is 3.30. The highest BCUT2D eigenvalue weighted by Gasteiger charge is 2.38. The van der Waals surface area contributed by atoms with Crippen molar-refractivity contribution < 1.29 is 22.7 Å². The van der Waals surface area contributed by atoms with Gasteiger partial charge in [0, 0.05) is 29.3 Å². The third kappa shape index (κ3) is 5.35. The molecule has 2 N–H and O–H groups in total. The van der Waals surface area contributed by atoms with Gasteiger partial charge >= 0.3 is 12.2 Å². The lowest BCUT2D eigenvalue weighted by Gasteiger charge is -2.46. The van der Waals surface area contributed by atoms with Gasteiger partial charge < -0.3 is 20.3 Å². The van der Waals surface area contributed by atoms with E-state index in [4.69, 9.17) is 9.72 Å². The molecule has 0 aliphatic carbocycles. The molecule has 2 atom stereocenters. The van der Waals surface area contributed by atoms with E-state index in [-0.39, 0.29) is 23.6 Å².